The Kier molecular flexibility index (Phi) is 1.74. The van der Waals surface area contributed by atoms with E-state index in [9.17, 15) is 0 Å². The molecule has 2 nitrogen and oxygen atoms in total. The molecule has 0 aliphatic carbocycles. The van der Waals surface area contributed by atoms with Gasteiger partial charge in [-0.15, -0.1) is 0 Å². The van der Waals surface area contributed by atoms with Gasteiger partial charge in [0.2, 0.25) is 0 Å². The largest absolute Gasteiger partial charge is 0.491 e. The topological polar surface area (TPSA) is 35.2 Å². The molecular formula is C9H10ClNO. The Bertz CT molecular complexity index is 325. The lowest BCUT2D eigenvalue weighted by Crippen LogP contribution is -2.10. The minimum absolute atomic E-state index is 0.0163. The number of fused-ring (bicyclic) bond motifs is 1. The summed E-state index contributed by atoms with van der Waals surface area (Å²) in [6.45, 7) is 2.54. The number of nitrogens with two attached hydrogens (primary N) is 1. The summed E-state index contributed by atoms with van der Waals surface area (Å²) in [6.07, 6.45) is 0. The molecule has 0 spiro atoms. The second kappa shape index (κ2) is 2.64. The highest BCUT2D eigenvalue weighted by Crippen LogP contribution is 2.36. The third-order valence-electron chi connectivity index (χ3n) is 2.07. The predicted octanol–water partition coefficient (Wildman–Crippen LogP) is 2.04. The van der Waals surface area contributed by atoms with E-state index >= 15 is 0 Å². The van der Waals surface area contributed by atoms with Crippen LogP contribution >= 0.6 is 11.6 Å². The zero-order valence-corrected chi connectivity index (χ0v) is 7.56. The highest BCUT2D eigenvalue weighted by molar-refractivity contribution is 6.30. The summed E-state index contributed by atoms with van der Waals surface area (Å²) >= 11 is 5.88. The monoisotopic (exact) mass is 183 g/mol. The molecule has 1 aromatic rings. The molecule has 0 amide bonds. The summed E-state index contributed by atoms with van der Waals surface area (Å²) in [5.74, 6) is 0.909. The smallest absolute Gasteiger partial charge is 0.127 e. The second-order valence-electron chi connectivity index (χ2n) is 3.06. The van der Waals surface area contributed by atoms with Crippen LogP contribution in [0.1, 0.15) is 17.2 Å². The van der Waals surface area contributed by atoms with Crippen molar-refractivity contribution in [1.29, 1.82) is 0 Å². The van der Waals surface area contributed by atoms with Gasteiger partial charge in [0.25, 0.3) is 0 Å². The molecule has 2 rings (SSSR count). The van der Waals surface area contributed by atoms with Crippen molar-refractivity contribution in [3.63, 3.8) is 0 Å². The molecule has 0 saturated heterocycles. The Morgan fingerprint density at radius 1 is 1.58 bits per heavy atom. The first kappa shape index (κ1) is 7.90. The average molecular weight is 184 g/mol. The number of benzene rings is 1. The number of halogens is 1. The van der Waals surface area contributed by atoms with Crippen LogP contribution in [0.2, 0.25) is 5.02 Å². The van der Waals surface area contributed by atoms with Crippen LogP contribution in [0.5, 0.6) is 5.75 Å². The van der Waals surface area contributed by atoms with Gasteiger partial charge >= 0.3 is 0 Å². The minimum atomic E-state index is -0.0163. The van der Waals surface area contributed by atoms with E-state index in [-0.39, 0.29) is 6.04 Å². The summed E-state index contributed by atoms with van der Waals surface area (Å²) in [6, 6.07) is 3.75. The first-order chi connectivity index (χ1) is 5.68. The zero-order chi connectivity index (χ0) is 8.72. The molecule has 3 heteroatoms. The fourth-order valence-corrected chi connectivity index (χ4v) is 1.77. The van der Waals surface area contributed by atoms with Crippen LogP contribution in [0.3, 0.4) is 0 Å². The zero-order valence-electron chi connectivity index (χ0n) is 6.80. The Balaban J connectivity index is 2.60. The lowest BCUT2D eigenvalue weighted by molar-refractivity contribution is 0.331. The van der Waals surface area contributed by atoms with Gasteiger partial charge in [-0.05, 0) is 24.6 Å². The summed E-state index contributed by atoms with van der Waals surface area (Å²) in [7, 11) is 0. The van der Waals surface area contributed by atoms with Crippen molar-refractivity contribution >= 4 is 11.6 Å². The fourth-order valence-electron chi connectivity index (χ4n) is 1.49. The van der Waals surface area contributed by atoms with Crippen LogP contribution in [-0.4, -0.2) is 6.61 Å². The molecule has 1 atom stereocenters. The van der Waals surface area contributed by atoms with Crippen molar-refractivity contribution in [1.82, 2.24) is 0 Å². The highest BCUT2D eigenvalue weighted by atomic mass is 35.5. The molecule has 0 bridgehead atoms. The van der Waals surface area contributed by atoms with Crippen LogP contribution in [0.15, 0.2) is 12.1 Å². The maximum absolute atomic E-state index is 5.88. The molecule has 0 saturated carbocycles. The number of hydrogen-bond donors (Lipinski definition) is 1. The number of ether oxygens (including phenoxy) is 1. The van der Waals surface area contributed by atoms with E-state index in [2.05, 4.69) is 0 Å². The highest BCUT2D eigenvalue weighted by Gasteiger charge is 2.22. The molecule has 0 radical (unpaired) electrons. The lowest BCUT2D eigenvalue weighted by Gasteiger charge is -2.04. The summed E-state index contributed by atoms with van der Waals surface area (Å²) in [4.78, 5) is 0. The summed E-state index contributed by atoms with van der Waals surface area (Å²) in [5, 5.41) is 0.729. The quantitative estimate of drug-likeness (QED) is 0.668. The van der Waals surface area contributed by atoms with Gasteiger partial charge < -0.3 is 10.5 Å². The van der Waals surface area contributed by atoms with E-state index in [1.807, 2.05) is 19.1 Å². The normalized spacial score (nSPS) is 20.4. The maximum atomic E-state index is 5.88. The van der Waals surface area contributed by atoms with Crippen LogP contribution in [0.4, 0.5) is 0 Å². The van der Waals surface area contributed by atoms with Gasteiger partial charge in [0.05, 0.1) is 6.04 Å². The molecule has 1 heterocycles. The first-order valence-corrected chi connectivity index (χ1v) is 4.24. The minimum Gasteiger partial charge on any atom is -0.491 e. The summed E-state index contributed by atoms with van der Waals surface area (Å²) in [5.41, 5.74) is 7.89. The second-order valence-corrected chi connectivity index (χ2v) is 3.49. The van der Waals surface area contributed by atoms with Crippen molar-refractivity contribution in [3.05, 3.63) is 28.3 Å². The SMILES string of the molecule is Cc1cc(Cl)cc2c1OCC2N. The first-order valence-electron chi connectivity index (χ1n) is 3.87. The van der Waals surface area contributed by atoms with Crippen LogP contribution in [0.25, 0.3) is 0 Å². The van der Waals surface area contributed by atoms with Gasteiger partial charge in [-0.25, -0.2) is 0 Å². The van der Waals surface area contributed by atoms with Gasteiger partial charge in [-0.3, -0.25) is 0 Å². The summed E-state index contributed by atoms with van der Waals surface area (Å²) < 4.78 is 5.41. The predicted molar refractivity (Wildman–Crippen MR) is 48.6 cm³/mol. The molecule has 2 N–H and O–H groups in total. The standard InChI is InChI=1S/C9H10ClNO/c1-5-2-6(10)3-7-8(11)4-12-9(5)7/h2-3,8H,4,11H2,1H3. The van der Waals surface area contributed by atoms with Crippen molar-refractivity contribution in [2.75, 3.05) is 6.61 Å². The van der Waals surface area contributed by atoms with Gasteiger partial charge in [0.15, 0.2) is 0 Å². The molecular weight excluding hydrogens is 174 g/mol. The van der Waals surface area contributed by atoms with Gasteiger partial charge in [0, 0.05) is 10.6 Å². The van der Waals surface area contributed by atoms with Crippen molar-refractivity contribution in [2.24, 2.45) is 5.73 Å². The van der Waals surface area contributed by atoms with E-state index in [1.54, 1.807) is 0 Å². The van der Waals surface area contributed by atoms with Crippen molar-refractivity contribution in [3.8, 4) is 5.75 Å². The molecule has 0 aromatic heterocycles. The lowest BCUT2D eigenvalue weighted by atomic mass is 10.1. The van der Waals surface area contributed by atoms with Gasteiger partial charge in [0.1, 0.15) is 12.4 Å². The maximum Gasteiger partial charge on any atom is 0.127 e. The molecule has 1 aliphatic rings. The van der Waals surface area contributed by atoms with Crippen LogP contribution in [0, 0.1) is 6.92 Å². The Labute approximate surface area is 76.3 Å². The molecule has 1 aliphatic heterocycles. The van der Waals surface area contributed by atoms with E-state index in [0.29, 0.717) is 6.61 Å². The van der Waals surface area contributed by atoms with Gasteiger partial charge in [-0.2, -0.15) is 0 Å². The molecule has 64 valence electrons. The Morgan fingerprint density at radius 2 is 2.33 bits per heavy atom. The van der Waals surface area contributed by atoms with E-state index in [1.165, 1.54) is 0 Å². The van der Waals surface area contributed by atoms with Crippen LogP contribution < -0.4 is 10.5 Å². The number of aryl methyl sites for hydroxylation is 1. The Hall–Kier alpha value is -0.730. The van der Waals surface area contributed by atoms with Crippen LogP contribution in [-0.2, 0) is 0 Å². The van der Waals surface area contributed by atoms with Gasteiger partial charge in [-0.1, -0.05) is 11.6 Å². The molecule has 0 fully saturated rings. The number of hydrogen-bond acceptors (Lipinski definition) is 2. The molecule has 12 heavy (non-hydrogen) atoms. The van der Waals surface area contributed by atoms with Crippen molar-refractivity contribution in [2.45, 2.75) is 13.0 Å². The van der Waals surface area contributed by atoms with E-state index in [0.717, 1.165) is 21.9 Å². The molecule has 1 aromatic carbocycles. The Morgan fingerprint density at radius 3 is 3.08 bits per heavy atom. The van der Waals surface area contributed by atoms with E-state index < -0.39 is 0 Å². The van der Waals surface area contributed by atoms with Crippen molar-refractivity contribution < 1.29 is 4.74 Å². The fraction of sp³-hybridized carbons (Fsp3) is 0.333. The van der Waals surface area contributed by atoms with E-state index in [4.69, 9.17) is 22.1 Å². The third kappa shape index (κ3) is 1.08. The number of rotatable bonds is 0. The third-order valence-corrected chi connectivity index (χ3v) is 2.29. The molecule has 1 unspecified atom stereocenters. The average Bonchev–Trinajstić information content (AvgIpc) is 2.33.